The van der Waals surface area contributed by atoms with E-state index in [1.54, 1.807) is 0 Å². The average molecular weight is 171 g/mol. The molecular formula is C7H10FN3O. The van der Waals surface area contributed by atoms with Crippen molar-refractivity contribution in [3.8, 4) is 5.88 Å². The summed E-state index contributed by atoms with van der Waals surface area (Å²) >= 11 is 0. The molecule has 1 heterocycles. The van der Waals surface area contributed by atoms with Gasteiger partial charge in [0.2, 0.25) is 5.88 Å². The van der Waals surface area contributed by atoms with E-state index in [1.165, 1.54) is 19.5 Å². The molecule has 1 unspecified atom stereocenters. The van der Waals surface area contributed by atoms with Crippen LogP contribution in [0, 0.1) is 0 Å². The zero-order chi connectivity index (χ0) is 8.97. The summed E-state index contributed by atoms with van der Waals surface area (Å²) in [4.78, 5) is 7.56. The first kappa shape index (κ1) is 8.86. The molecule has 0 radical (unpaired) electrons. The SMILES string of the molecule is COc1nccnc1C(F)CN. The quantitative estimate of drug-likeness (QED) is 0.717. The van der Waals surface area contributed by atoms with Gasteiger partial charge < -0.3 is 10.5 Å². The Morgan fingerprint density at radius 1 is 1.58 bits per heavy atom. The summed E-state index contributed by atoms with van der Waals surface area (Å²) in [6, 6.07) is 0. The minimum atomic E-state index is -1.31. The predicted molar refractivity (Wildman–Crippen MR) is 41.5 cm³/mol. The monoisotopic (exact) mass is 171 g/mol. The third-order valence-electron chi connectivity index (χ3n) is 1.39. The molecule has 0 aliphatic heterocycles. The molecule has 1 aromatic heterocycles. The third-order valence-corrected chi connectivity index (χ3v) is 1.39. The summed E-state index contributed by atoms with van der Waals surface area (Å²) < 4.78 is 17.8. The minimum absolute atomic E-state index is 0.116. The average Bonchev–Trinajstić information content (AvgIpc) is 2.16. The number of alkyl halides is 1. The molecule has 0 amide bonds. The number of nitrogens with two attached hydrogens (primary N) is 1. The number of nitrogens with zero attached hydrogens (tertiary/aromatic N) is 2. The van der Waals surface area contributed by atoms with Crippen molar-refractivity contribution in [2.75, 3.05) is 13.7 Å². The third kappa shape index (κ3) is 1.68. The first-order chi connectivity index (χ1) is 5.79. The predicted octanol–water partition coefficient (Wildman–Crippen LogP) is 0.455. The maximum Gasteiger partial charge on any atom is 0.238 e. The van der Waals surface area contributed by atoms with E-state index in [0.29, 0.717) is 0 Å². The summed E-state index contributed by atoms with van der Waals surface area (Å²) in [5, 5.41) is 0. The Morgan fingerprint density at radius 2 is 2.25 bits per heavy atom. The van der Waals surface area contributed by atoms with Gasteiger partial charge in [-0.25, -0.2) is 9.37 Å². The fraction of sp³-hybridized carbons (Fsp3) is 0.429. The molecule has 1 rings (SSSR count). The van der Waals surface area contributed by atoms with Gasteiger partial charge in [-0.2, -0.15) is 0 Å². The van der Waals surface area contributed by atoms with Crippen molar-refractivity contribution in [2.45, 2.75) is 6.17 Å². The first-order valence-corrected chi connectivity index (χ1v) is 3.48. The van der Waals surface area contributed by atoms with Crippen LogP contribution >= 0.6 is 0 Å². The normalized spacial score (nSPS) is 12.6. The zero-order valence-corrected chi connectivity index (χ0v) is 6.70. The largest absolute Gasteiger partial charge is 0.480 e. The van der Waals surface area contributed by atoms with Crippen LogP contribution in [0.15, 0.2) is 12.4 Å². The lowest BCUT2D eigenvalue weighted by Crippen LogP contribution is -2.11. The van der Waals surface area contributed by atoms with Crippen molar-refractivity contribution >= 4 is 0 Å². The second kappa shape index (κ2) is 3.96. The molecule has 0 aliphatic carbocycles. The number of rotatable bonds is 3. The molecule has 0 bridgehead atoms. The lowest BCUT2D eigenvalue weighted by atomic mass is 10.3. The molecule has 2 N–H and O–H groups in total. The summed E-state index contributed by atoms with van der Waals surface area (Å²) in [7, 11) is 1.41. The lowest BCUT2D eigenvalue weighted by molar-refractivity contribution is 0.316. The zero-order valence-electron chi connectivity index (χ0n) is 6.70. The van der Waals surface area contributed by atoms with Crippen LogP contribution in [-0.2, 0) is 0 Å². The van der Waals surface area contributed by atoms with Gasteiger partial charge in [0.25, 0.3) is 0 Å². The standard InChI is InChI=1S/C7H10FN3O/c1-12-7-6(5(8)4-9)10-2-3-11-7/h2-3,5H,4,9H2,1H3. The van der Waals surface area contributed by atoms with Gasteiger partial charge in [-0.15, -0.1) is 0 Å². The highest BCUT2D eigenvalue weighted by Crippen LogP contribution is 2.21. The molecule has 0 spiro atoms. The number of halogens is 1. The Morgan fingerprint density at radius 3 is 2.83 bits per heavy atom. The highest BCUT2D eigenvalue weighted by atomic mass is 19.1. The Hall–Kier alpha value is -1.23. The number of aromatic nitrogens is 2. The van der Waals surface area contributed by atoms with Gasteiger partial charge in [-0.05, 0) is 0 Å². The Bertz CT molecular complexity index is 256. The van der Waals surface area contributed by atoms with E-state index < -0.39 is 6.17 Å². The van der Waals surface area contributed by atoms with E-state index in [-0.39, 0.29) is 18.1 Å². The highest BCUT2D eigenvalue weighted by Gasteiger charge is 2.15. The smallest absolute Gasteiger partial charge is 0.238 e. The van der Waals surface area contributed by atoms with Crippen LogP contribution < -0.4 is 10.5 Å². The number of hydrogen-bond donors (Lipinski definition) is 1. The minimum Gasteiger partial charge on any atom is -0.480 e. The Kier molecular flexibility index (Phi) is 2.93. The van der Waals surface area contributed by atoms with Crippen LogP contribution in [0.3, 0.4) is 0 Å². The Balaban J connectivity index is 2.96. The Labute approximate surface area is 69.6 Å². The van der Waals surface area contributed by atoms with Gasteiger partial charge in [0, 0.05) is 18.9 Å². The molecule has 0 aliphatic rings. The fourth-order valence-corrected chi connectivity index (χ4v) is 0.820. The maximum absolute atomic E-state index is 13.0. The van der Waals surface area contributed by atoms with Crippen molar-refractivity contribution in [1.29, 1.82) is 0 Å². The topological polar surface area (TPSA) is 61.0 Å². The molecule has 66 valence electrons. The van der Waals surface area contributed by atoms with Crippen molar-refractivity contribution in [1.82, 2.24) is 9.97 Å². The van der Waals surface area contributed by atoms with Crippen molar-refractivity contribution in [2.24, 2.45) is 5.73 Å². The van der Waals surface area contributed by atoms with Gasteiger partial charge in [0.05, 0.1) is 7.11 Å². The van der Waals surface area contributed by atoms with Crippen LogP contribution in [-0.4, -0.2) is 23.6 Å². The van der Waals surface area contributed by atoms with E-state index in [1.807, 2.05) is 0 Å². The van der Waals surface area contributed by atoms with E-state index in [0.717, 1.165) is 0 Å². The fourth-order valence-electron chi connectivity index (χ4n) is 0.820. The molecule has 4 nitrogen and oxygen atoms in total. The summed E-state index contributed by atoms with van der Waals surface area (Å²) in [5.74, 6) is 0.190. The van der Waals surface area contributed by atoms with E-state index >= 15 is 0 Å². The van der Waals surface area contributed by atoms with E-state index in [2.05, 4.69) is 9.97 Å². The van der Waals surface area contributed by atoms with Crippen LogP contribution in [0.25, 0.3) is 0 Å². The van der Waals surface area contributed by atoms with E-state index in [9.17, 15) is 4.39 Å². The number of methoxy groups -OCH3 is 1. The molecule has 1 atom stereocenters. The highest BCUT2D eigenvalue weighted by molar-refractivity contribution is 5.19. The van der Waals surface area contributed by atoms with Crippen molar-refractivity contribution < 1.29 is 9.13 Å². The van der Waals surface area contributed by atoms with Gasteiger partial charge in [-0.3, -0.25) is 4.98 Å². The molecular weight excluding hydrogens is 161 g/mol. The van der Waals surface area contributed by atoms with Crippen LogP contribution in [0.1, 0.15) is 11.9 Å². The molecule has 1 aromatic rings. The van der Waals surface area contributed by atoms with Crippen LogP contribution in [0.2, 0.25) is 0 Å². The van der Waals surface area contributed by atoms with Crippen molar-refractivity contribution in [3.05, 3.63) is 18.1 Å². The second-order valence-electron chi connectivity index (χ2n) is 2.15. The van der Waals surface area contributed by atoms with E-state index in [4.69, 9.17) is 10.5 Å². The maximum atomic E-state index is 13.0. The summed E-state index contributed by atoms with van der Waals surface area (Å²) in [6.07, 6.45) is 1.53. The first-order valence-electron chi connectivity index (χ1n) is 3.48. The number of ether oxygens (including phenoxy) is 1. The second-order valence-corrected chi connectivity index (χ2v) is 2.15. The summed E-state index contributed by atoms with van der Waals surface area (Å²) in [6.45, 7) is -0.116. The summed E-state index contributed by atoms with van der Waals surface area (Å²) in [5.41, 5.74) is 5.28. The van der Waals surface area contributed by atoms with Gasteiger partial charge >= 0.3 is 0 Å². The molecule has 0 saturated carbocycles. The molecule has 5 heteroatoms. The van der Waals surface area contributed by atoms with Gasteiger partial charge in [0.1, 0.15) is 5.69 Å². The van der Waals surface area contributed by atoms with Crippen molar-refractivity contribution in [3.63, 3.8) is 0 Å². The molecule has 12 heavy (non-hydrogen) atoms. The molecule has 0 aromatic carbocycles. The number of hydrogen-bond acceptors (Lipinski definition) is 4. The van der Waals surface area contributed by atoms with Gasteiger partial charge in [0.15, 0.2) is 6.17 Å². The van der Waals surface area contributed by atoms with Crippen LogP contribution in [0.4, 0.5) is 4.39 Å². The lowest BCUT2D eigenvalue weighted by Gasteiger charge is -2.07. The molecule has 0 saturated heterocycles. The molecule has 0 fully saturated rings. The van der Waals surface area contributed by atoms with Crippen LogP contribution in [0.5, 0.6) is 5.88 Å². The van der Waals surface area contributed by atoms with Gasteiger partial charge in [-0.1, -0.05) is 0 Å².